The van der Waals surface area contributed by atoms with Crippen LogP contribution in [-0.2, 0) is 0 Å². The zero-order valence-corrected chi connectivity index (χ0v) is 10.6. The van der Waals surface area contributed by atoms with Crippen LogP contribution in [0.3, 0.4) is 0 Å². The second-order valence-electron chi connectivity index (χ2n) is 3.64. The van der Waals surface area contributed by atoms with Crippen LogP contribution in [0, 0.1) is 15.5 Å². The normalized spacial score (nSPS) is 10.1. The molecular formula is C12H10N4O2S. The van der Waals surface area contributed by atoms with Gasteiger partial charge in [-0.15, -0.1) is 0 Å². The Hall–Kier alpha value is -2.41. The number of nitrogens with one attached hydrogen (secondary N) is 1. The number of rotatable bonds is 4. The van der Waals surface area contributed by atoms with Crippen molar-refractivity contribution in [3.63, 3.8) is 0 Å². The van der Waals surface area contributed by atoms with Crippen LogP contribution in [-0.4, -0.2) is 15.7 Å². The molecule has 96 valence electrons. The first-order valence-electron chi connectivity index (χ1n) is 5.28. The fraction of sp³-hybridized carbons (Fsp3) is 0. The lowest BCUT2D eigenvalue weighted by molar-refractivity contribution is -0.384. The van der Waals surface area contributed by atoms with E-state index in [1.165, 1.54) is 23.9 Å². The quantitative estimate of drug-likeness (QED) is 0.385. The van der Waals surface area contributed by atoms with Gasteiger partial charge in [0.25, 0.3) is 5.69 Å². The fourth-order valence-corrected chi connectivity index (χ4v) is 2.37. The van der Waals surface area contributed by atoms with Crippen molar-refractivity contribution in [3.8, 4) is 0 Å². The molecule has 0 bridgehead atoms. The Balaban J connectivity index is 2.26. The van der Waals surface area contributed by atoms with Gasteiger partial charge in [-0.3, -0.25) is 20.5 Å². The van der Waals surface area contributed by atoms with Crippen molar-refractivity contribution in [3.05, 3.63) is 58.4 Å². The van der Waals surface area contributed by atoms with E-state index in [0.29, 0.717) is 5.56 Å². The third-order valence-electron chi connectivity index (χ3n) is 2.35. The van der Waals surface area contributed by atoms with Crippen LogP contribution in [0.5, 0.6) is 0 Å². The number of pyridine rings is 1. The number of nitro groups is 1. The van der Waals surface area contributed by atoms with Crippen molar-refractivity contribution in [2.75, 3.05) is 0 Å². The summed E-state index contributed by atoms with van der Waals surface area (Å²) >= 11 is 1.36. The maximum atomic E-state index is 10.6. The number of nitrogens with zero attached hydrogens (tertiary/aromatic N) is 2. The van der Waals surface area contributed by atoms with E-state index in [1.54, 1.807) is 30.6 Å². The summed E-state index contributed by atoms with van der Waals surface area (Å²) in [5.41, 5.74) is 6.12. The Morgan fingerprint density at radius 1 is 1.32 bits per heavy atom. The predicted octanol–water partition coefficient (Wildman–Crippen LogP) is 2.43. The molecule has 0 saturated carbocycles. The number of aromatic nitrogens is 1. The van der Waals surface area contributed by atoms with E-state index in [4.69, 9.17) is 11.1 Å². The molecule has 0 aliphatic carbocycles. The van der Waals surface area contributed by atoms with Gasteiger partial charge in [0.1, 0.15) is 5.84 Å². The number of benzene rings is 1. The van der Waals surface area contributed by atoms with E-state index in [1.807, 2.05) is 0 Å². The van der Waals surface area contributed by atoms with Crippen LogP contribution in [0.15, 0.2) is 52.5 Å². The van der Waals surface area contributed by atoms with Crippen molar-refractivity contribution < 1.29 is 4.92 Å². The van der Waals surface area contributed by atoms with Gasteiger partial charge in [0.05, 0.1) is 4.92 Å². The lowest BCUT2D eigenvalue weighted by Gasteiger charge is -2.06. The number of nitro benzene ring substituents is 1. The van der Waals surface area contributed by atoms with E-state index in [9.17, 15) is 10.1 Å². The summed E-state index contributed by atoms with van der Waals surface area (Å²) in [6.07, 6.45) is 3.18. The molecule has 0 saturated heterocycles. The standard InChI is InChI=1S/C12H10N4O2S/c13-12(14)10-5-6-15-7-11(10)19-9-3-1-8(2-4-9)16(17)18/h1-7H,(H3,13,14). The first-order valence-corrected chi connectivity index (χ1v) is 6.10. The number of hydrogen-bond donors (Lipinski definition) is 2. The molecule has 0 amide bonds. The van der Waals surface area contributed by atoms with Crippen LogP contribution in [0.4, 0.5) is 5.69 Å². The minimum absolute atomic E-state index is 0.0354. The number of non-ortho nitro benzene ring substituents is 1. The zero-order valence-electron chi connectivity index (χ0n) is 9.74. The molecule has 0 atom stereocenters. The maximum Gasteiger partial charge on any atom is 0.269 e. The average molecular weight is 274 g/mol. The molecule has 1 aromatic heterocycles. The Kier molecular flexibility index (Phi) is 3.76. The van der Waals surface area contributed by atoms with Gasteiger partial charge >= 0.3 is 0 Å². The van der Waals surface area contributed by atoms with Gasteiger partial charge < -0.3 is 5.73 Å². The highest BCUT2D eigenvalue weighted by atomic mass is 32.2. The third-order valence-corrected chi connectivity index (χ3v) is 3.40. The van der Waals surface area contributed by atoms with Crippen molar-refractivity contribution in [2.24, 2.45) is 5.73 Å². The van der Waals surface area contributed by atoms with E-state index in [0.717, 1.165) is 9.79 Å². The minimum Gasteiger partial charge on any atom is -0.384 e. The largest absolute Gasteiger partial charge is 0.384 e. The second-order valence-corrected chi connectivity index (χ2v) is 4.75. The Morgan fingerprint density at radius 3 is 2.58 bits per heavy atom. The van der Waals surface area contributed by atoms with Crippen LogP contribution in [0.2, 0.25) is 0 Å². The smallest absolute Gasteiger partial charge is 0.269 e. The molecule has 0 aliphatic rings. The predicted molar refractivity (Wildman–Crippen MR) is 72.5 cm³/mol. The Labute approximate surface area is 113 Å². The average Bonchev–Trinajstić information content (AvgIpc) is 2.39. The van der Waals surface area contributed by atoms with Crippen molar-refractivity contribution >= 4 is 23.3 Å². The molecule has 0 fully saturated rings. The summed E-state index contributed by atoms with van der Waals surface area (Å²) in [6.45, 7) is 0. The molecule has 7 heteroatoms. The third kappa shape index (κ3) is 3.08. The Bertz CT molecular complexity index is 628. The van der Waals surface area contributed by atoms with Crippen molar-refractivity contribution in [2.45, 2.75) is 9.79 Å². The number of nitrogens with two attached hydrogens (primary N) is 1. The molecular weight excluding hydrogens is 264 g/mol. The number of nitrogen functional groups attached to an aromatic ring is 1. The minimum atomic E-state index is -0.445. The summed E-state index contributed by atoms with van der Waals surface area (Å²) < 4.78 is 0. The molecule has 0 spiro atoms. The molecule has 2 aromatic rings. The maximum absolute atomic E-state index is 10.6. The highest BCUT2D eigenvalue weighted by Crippen LogP contribution is 2.30. The van der Waals surface area contributed by atoms with Gasteiger partial charge in [-0.25, -0.2) is 0 Å². The van der Waals surface area contributed by atoms with Gasteiger partial charge in [-0.1, -0.05) is 11.8 Å². The van der Waals surface area contributed by atoms with Crippen molar-refractivity contribution in [1.29, 1.82) is 5.41 Å². The second kappa shape index (κ2) is 5.49. The zero-order chi connectivity index (χ0) is 13.8. The van der Waals surface area contributed by atoms with Gasteiger partial charge in [-0.05, 0) is 18.2 Å². The van der Waals surface area contributed by atoms with Crippen LogP contribution >= 0.6 is 11.8 Å². The van der Waals surface area contributed by atoms with Crippen LogP contribution in [0.1, 0.15) is 5.56 Å². The molecule has 1 aromatic carbocycles. The summed E-state index contributed by atoms with van der Waals surface area (Å²) in [5.74, 6) is -0.0354. The van der Waals surface area contributed by atoms with Crippen LogP contribution < -0.4 is 5.73 Å². The number of hydrogen-bond acceptors (Lipinski definition) is 5. The van der Waals surface area contributed by atoms with Gasteiger partial charge in [-0.2, -0.15) is 0 Å². The molecule has 0 aliphatic heterocycles. The SMILES string of the molecule is N=C(N)c1ccncc1Sc1ccc([N+](=O)[O-])cc1. The molecule has 6 nitrogen and oxygen atoms in total. The number of amidine groups is 1. The molecule has 0 unspecified atom stereocenters. The van der Waals surface area contributed by atoms with E-state index in [-0.39, 0.29) is 11.5 Å². The monoisotopic (exact) mass is 274 g/mol. The summed E-state index contributed by atoms with van der Waals surface area (Å²) in [4.78, 5) is 15.7. The van der Waals surface area contributed by atoms with E-state index >= 15 is 0 Å². The lowest BCUT2D eigenvalue weighted by Crippen LogP contribution is -2.12. The topological polar surface area (TPSA) is 106 Å². The van der Waals surface area contributed by atoms with Crippen LogP contribution in [0.25, 0.3) is 0 Å². The highest BCUT2D eigenvalue weighted by molar-refractivity contribution is 7.99. The van der Waals surface area contributed by atoms with Gasteiger partial charge in [0.2, 0.25) is 0 Å². The molecule has 3 N–H and O–H groups in total. The molecule has 1 heterocycles. The Morgan fingerprint density at radius 2 is 2.00 bits per heavy atom. The summed E-state index contributed by atoms with van der Waals surface area (Å²) in [5, 5.41) is 18.0. The summed E-state index contributed by atoms with van der Waals surface area (Å²) in [7, 11) is 0. The first-order chi connectivity index (χ1) is 9.08. The van der Waals surface area contributed by atoms with Crippen molar-refractivity contribution in [1.82, 2.24) is 4.98 Å². The molecule has 19 heavy (non-hydrogen) atoms. The van der Waals surface area contributed by atoms with Gasteiger partial charge in [0, 0.05) is 39.9 Å². The lowest BCUT2D eigenvalue weighted by atomic mass is 10.2. The summed E-state index contributed by atoms with van der Waals surface area (Å²) in [6, 6.07) is 7.84. The molecule has 0 radical (unpaired) electrons. The highest BCUT2D eigenvalue weighted by Gasteiger charge is 2.09. The molecule has 2 rings (SSSR count). The van der Waals surface area contributed by atoms with Gasteiger partial charge in [0.15, 0.2) is 0 Å². The first kappa shape index (κ1) is 13.0. The van der Waals surface area contributed by atoms with E-state index in [2.05, 4.69) is 4.98 Å². The fourth-order valence-electron chi connectivity index (χ4n) is 1.45. The van der Waals surface area contributed by atoms with E-state index < -0.39 is 4.92 Å².